The molecular formula is C16H21N5O4. The van der Waals surface area contributed by atoms with E-state index in [-0.39, 0.29) is 12.0 Å². The number of carbonyl (C=O) groups is 1. The number of nitrogens with one attached hydrogen (secondary N) is 1. The van der Waals surface area contributed by atoms with Gasteiger partial charge >= 0.3 is 6.09 Å². The molecule has 2 aliphatic rings. The molecule has 1 saturated heterocycles. The molecule has 2 aliphatic heterocycles. The van der Waals surface area contributed by atoms with Gasteiger partial charge in [-0.25, -0.2) is 4.79 Å². The van der Waals surface area contributed by atoms with Crippen LogP contribution in [0, 0.1) is 11.3 Å². The summed E-state index contributed by atoms with van der Waals surface area (Å²) in [7, 11) is 1.57. The van der Waals surface area contributed by atoms with E-state index in [4.69, 9.17) is 19.9 Å². The summed E-state index contributed by atoms with van der Waals surface area (Å²) in [4.78, 5) is 21.2. The van der Waals surface area contributed by atoms with Crippen LogP contribution in [0.2, 0.25) is 0 Å². The summed E-state index contributed by atoms with van der Waals surface area (Å²) in [5.74, 6) is 1.04. The number of piperidine rings is 1. The average Bonchev–Trinajstić information content (AvgIpc) is 2.99. The van der Waals surface area contributed by atoms with Crippen LogP contribution in [-0.2, 0) is 21.5 Å². The second-order valence-electron chi connectivity index (χ2n) is 6.02. The number of amides is 1. The van der Waals surface area contributed by atoms with Gasteiger partial charge in [-0.3, -0.25) is 0 Å². The second kappa shape index (κ2) is 6.64. The van der Waals surface area contributed by atoms with Gasteiger partial charge in [0.1, 0.15) is 24.1 Å². The maximum atomic E-state index is 12.0. The van der Waals surface area contributed by atoms with Gasteiger partial charge in [-0.15, -0.1) is 0 Å². The largest absolute Gasteiger partial charge is 0.450 e. The number of hydrogen-bond acceptors (Lipinski definition) is 7. The number of rotatable bonds is 3. The van der Waals surface area contributed by atoms with Crippen molar-refractivity contribution in [3.8, 4) is 11.9 Å². The minimum atomic E-state index is -0.644. The number of fused-ring (bicyclic) bond motifs is 2. The Balaban J connectivity index is 1.94. The van der Waals surface area contributed by atoms with E-state index in [1.807, 2.05) is 0 Å². The molecule has 0 aliphatic carbocycles. The number of imidazole rings is 1. The fraction of sp³-hybridized carbons (Fsp3) is 0.562. The van der Waals surface area contributed by atoms with Crippen LogP contribution in [0.1, 0.15) is 31.3 Å². The SMILES string of the molecule is CCOC(=O)N1CCC2(CC1)C(C#N)=C(N)Oc1nc(COC)[nH]c12. The van der Waals surface area contributed by atoms with Crippen LogP contribution in [0.4, 0.5) is 4.79 Å². The maximum absolute atomic E-state index is 12.0. The Morgan fingerprint density at radius 2 is 2.24 bits per heavy atom. The number of nitriles is 1. The van der Waals surface area contributed by atoms with Crippen LogP contribution in [0.15, 0.2) is 11.5 Å². The molecular weight excluding hydrogens is 326 g/mol. The average molecular weight is 347 g/mol. The molecule has 1 aromatic rings. The standard InChI is InChI=1S/C16H21N5O4/c1-3-24-15(22)21-6-4-16(5-7-21)10(8-17)13(18)25-14-12(16)19-11(20-14)9-23-2/h3-7,9,18H2,1-2H3,(H,19,20). The summed E-state index contributed by atoms with van der Waals surface area (Å²) >= 11 is 0. The van der Waals surface area contributed by atoms with Crippen molar-refractivity contribution in [3.05, 3.63) is 23.0 Å². The smallest absolute Gasteiger partial charge is 0.409 e. The highest BCUT2D eigenvalue weighted by Gasteiger charge is 2.49. The number of hydrogen-bond donors (Lipinski definition) is 2. The predicted molar refractivity (Wildman–Crippen MR) is 86.3 cm³/mol. The van der Waals surface area contributed by atoms with E-state index in [1.54, 1.807) is 18.9 Å². The number of nitrogens with two attached hydrogens (primary N) is 1. The Bertz CT molecular complexity index is 740. The minimum absolute atomic E-state index is 0.0649. The van der Waals surface area contributed by atoms with Gasteiger partial charge in [0.2, 0.25) is 11.8 Å². The van der Waals surface area contributed by atoms with Crippen molar-refractivity contribution in [2.45, 2.75) is 31.8 Å². The first-order valence-electron chi connectivity index (χ1n) is 8.14. The summed E-state index contributed by atoms with van der Waals surface area (Å²) in [5.41, 5.74) is 6.42. The predicted octanol–water partition coefficient (Wildman–Crippen LogP) is 1.13. The number of methoxy groups -OCH3 is 1. The summed E-state index contributed by atoms with van der Waals surface area (Å²) in [6, 6.07) is 2.18. The summed E-state index contributed by atoms with van der Waals surface area (Å²) in [6.07, 6.45) is 0.714. The molecule has 0 radical (unpaired) electrons. The number of H-pyrrole nitrogens is 1. The van der Waals surface area contributed by atoms with Crippen LogP contribution >= 0.6 is 0 Å². The normalized spacial score (nSPS) is 18.5. The zero-order valence-electron chi connectivity index (χ0n) is 14.3. The van der Waals surface area contributed by atoms with Crippen molar-refractivity contribution in [2.24, 2.45) is 5.73 Å². The number of allylic oxidation sites excluding steroid dienone is 1. The summed E-state index contributed by atoms with van der Waals surface area (Å²) in [6.45, 7) is 3.30. The van der Waals surface area contributed by atoms with E-state index in [2.05, 4.69) is 16.0 Å². The first kappa shape index (κ1) is 17.1. The number of likely N-dealkylation sites (tertiary alicyclic amines) is 1. The Morgan fingerprint density at radius 1 is 1.52 bits per heavy atom. The van der Waals surface area contributed by atoms with Crippen LogP contribution < -0.4 is 10.5 Å². The molecule has 25 heavy (non-hydrogen) atoms. The highest BCUT2D eigenvalue weighted by atomic mass is 16.6. The lowest BCUT2D eigenvalue weighted by Crippen LogP contribution is -2.48. The van der Waals surface area contributed by atoms with E-state index < -0.39 is 5.41 Å². The molecule has 3 N–H and O–H groups in total. The first-order valence-corrected chi connectivity index (χ1v) is 8.14. The Labute approximate surface area is 145 Å². The van der Waals surface area contributed by atoms with E-state index in [9.17, 15) is 10.1 Å². The molecule has 1 aromatic heterocycles. The lowest BCUT2D eigenvalue weighted by molar-refractivity contribution is 0.0888. The zero-order chi connectivity index (χ0) is 18.0. The van der Waals surface area contributed by atoms with Crippen LogP contribution in [0.3, 0.4) is 0 Å². The fourth-order valence-electron chi connectivity index (χ4n) is 3.47. The Hall–Kier alpha value is -2.73. The highest BCUT2D eigenvalue weighted by molar-refractivity contribution is 5.68. The molecule has 9 nitrogen and oxygen atoms in total. The second-order valence-corrected chi connectivity index (χ2v) is 6.02. The van der Waals surface area contributed by atoms with Crippen molar-refractivity contribution >= 4 is 6.09 Å². The maximum Gasteiger partial charge on any atom is 0.409 e. The Morgan fingerprint density at radius 3 is 2.84 bits per heavy atom. The van der Waals surface area contributed by atoms with Crippen LogP contribution in [0.25, 0.3) is 0 Å². The molecule has 0 unspecified atom stereocenters. The van der Waals surface area contributed by atoms with Crippen molar-refractivity contribution in [1.82, 2.24) is 14.9 Å². The topological polar surface area (TPSA) is 126 Å². The quantitative estimate of drug-likeness (QED) is 0.839. The van der Waals surface area contributed by atoms with E-state index >= 15 is 0 Å². The highest BCUT2D eigenvalue weighted by Crippen LogP contribution is 2.48. The number of aromatic nitrogens is 2. The molecule has 134 valence electrons. The van der Waals surface area contributed by atoms with Crippen LogP contribution in [-0.4, -0.2) is 47.8 Å². The molecule has 1 spiro atoms. The molecule has 3 heterocycles. The molecule has 0 bridgehead atoms. The van der Waals surface area contributed by atoms with Gasteiger partial charge in [0.25, 0.3) is 0 Å². The van der Waals surface area contributed by atoms with Gasteiger partial charge in [0.05, 0.1) is 17.7 Å². The van der Waals surface area contributed by atoms with E-state index in [0.29, 0.717) is 62.1 Å². The summed E-state index contributed by atoms with van der Waals surface area (Å²) in [5, 5.41) is 9.64. The van der Waals surface area contributed by atoms with Gasteiger partial charge in [0, 0.05) is 20.2 Å². The minimum Gasteiger partial charge on any atom is -0.450 e. The molecule has 0 aromatic carbocycles. The number of aromatic amines is 1. The number of nitrogens with zero attached hydrogens (tertiary/aromatic N) is 3. The number of carbonyl (C=O) groups excluding carboxylic acids is 1. The third kappa shape index (κ3) is 2.78. The van der Waals surface area contributed by atoms with Gasteiger partial charge in [-0.05, 0) is 19.8 Å². The Kier molecular flexibility index (Phi) is 4.55. The van der Waals surface area contributed by atoms with Crippen molar-refractivity contribution in [2.75, 3.05) is 26.8 Å². The first-order chi connectivity index (χ1) is 12.1. The lowest BCUT2D eigenvalue weighted by Gasteiger charge is -2.42. The molecule has 1 amide bonds. The van der Waals surface area contributed by atoms with Crippen molar-refractivity contribution in [1.29, 1.82) is 5.26 Å². The van der Waals surface area contributed by atoms with Crippen molar-refractivity contribution in [3.63, 3.8) is 0 Å². The zero-order valence-corrected chi connectivity index (χ0v) is 14.3. The lowest BCUT2D eigenvalue weighted by atomic mass is 9.69. The fourth-order valence-corrected chi connectivity index (χ4v) is 3.47. The number of ether oxygens (including phenoxy) is 3. The van der Waals surface area contributed by atoms with Gasteiger partial charge < -0.3 is 29.8 Å². The molecule has 3 rings (SSSR count). The molecule has 1 fully saturated rings. The van der Waals surface area contributed by atoms with Crippen molar-refractivity contribution < 1.29 is 19.0 Å². The third-order valence-corrected chi connectivity index (χ3v) is 4.67. The monoisotopic (exact) mass is 347 g/mol. The summed E-state index contributed by atoms with van der Waals surface area (Å²) < 4.78 is 15.7. The van der Waals surface area contributed by atoms with E-state index in [1.165, 1.54) is 0 Å². The molecule has 0 atom stereocenters. The molecule has 0 saturated carbocycles. The molecule has 9 heteroatoms. The van der Waals surface area contributed by atoms with Crippen LogP contribution in [0.5, 0.6) is 5.88 Å². The van der Waals surface area contributed by atoms with Gasteiger partial charge in [0.15, 0.2) is 0 Å². The van der Waals surface area contributed by atoms with Gasteiger partial charge in [-0.1, -0.05) is 0 Å². The van der Waals surface area contributed by atoms with Gasteiger partial charge in [-0.2, -0.15) is 10.2 Å². The van der Waals surface area contributed by atoms with E-state index in [0.717, 1.165) is 0 Å². The third-order valence-electron chi connectivity index (χ3n) is 4.67.